The first-order valence-corrected chi connectivity index (χ1v) is 6.59. The van der Waals surface area contributed by atoms with Gasteiger partial charge in [-0.2, -0.15) is 24.9 Å². The second-order valence-corrected chi connectivity index (χ2v) is 5.27. The average Bonchev–Trinajstić information content (AvgIpc) is 2.67. The molecule has 1 N–H and O–H groups in total. The number of thioether (sulfide) groups is 1. The molecule has 0 amide bonds. The number of hydrogen-bond donors (Lipinski definition) is 1. The van der Waals surface area contributed by atoms with Crippen LogP contribution in [0.5, 0.6) is 0 Å². The number of halogens is 3. The van der Waals surface area contributed by atoms with Crippen LogP contribution in [-0.4, -0.2) is 43.5 Å². The third kappa shape index (κ3) is 7.35. The second-order valence-electron chi connectivity index (χ2n) is 3.86. The van der Waals surface area contributed by atoms with Gasteiger partial charge in [0, 0.05) is 18.4 Å². The van der Waals surface area contributed by atoms with Crippen LogP contribution in [0, 0.1) is 0 Å². The molecule has 0 bridgehead atoms. The summed E-state index contributed by atoms with van der Waals surface area (Å²) in [7, 11) is 0. The zero-order valence-corrected chi connectivity index (χ0v) is 10.0. The van der Waals surface area contributed by atoms with Crippen molar-refractivity contribution in [3.63, 3.8) is 0 Å². The standard InChI is InChI=1S/C10H18F3NOS/c11-10(12,13)8-15-5-2-4-14-7-9-3-1-6-16-9/h9,14H,1-8H2. The van der Waals surface area contributed by atoms with Crippen LogP contribution in [0.1, 0.15) is 19.3 Å². The predicted octanol–water partition coefficient (Wildman–Crippen LogP) is 2.44. The van der Waals surface area contributed by atoms with E-state index in [1.165, 1.54) is 18.6 Å². The van der Waals surface area contributed by atoms with E-state index in [2.05, 4.69) is 10.1 Å². The van der Waals surface area contributed by atoms with Crippen LogP contribution in [0.25, 0.3) is 0 Å². The lowest BCUT2D eigenvalue weighted by Crippen LogP contribution is -2.25. The molecule has 2 nitrogen and oxygen atoms in total. The van der Waals surface area contributed by atoms with Crippen molar-refractivity contribution in [1.82, 2.24) is 5.32 Å². The molecule has 96 valence electrons. The van der Waals surface area contributed by atoms with Gasteiger partial charge in [-0.05, 0) is 31.6 Å². The summed E-state index contributed by atoms with van der Waals surface area (Å²) >= 11 is 1.97. The van der Waals surface area contributed by atoms with Gasteiger partial charge in [-0.3, -0.25) is 0 Å². The molecular formula is C10H18F3NOS. The Hall–Kier alpha value is 0.0600. The van der Waals surface area contributed by atoms with E-state index < -0.39 is 12.8 Å². The van der Waals surface area contributed by atoms with E-state index in [0.717, 1.165) is 13.1 Å². The normalized spacial score (nSPS) is 21.6. The Labute approximate surface area is 98.3 Å². The third-order valence-corrected chi connectivity index (χ3v) is 3.70. The molecule has 0 spiro atoms. The van der Waals surface area contributed by atoms with Crippen LogP contribution >= 0.6 is 11.8 Å². The molecule has 1 rings (SSSR count). The van der Waals surface area contributed by atoms with Crippen molar-refractivity contribution >= 4 is 11.8 Å². The highest BCUT2D eigenvalue weighted by Crippen LogP contribution is 2.25. The van der Waals surface area contributed by atoms with Gasteiger partial charge in [0.2, 0.25) is 0 Å². The Bertz CT molecular complexity index is 183. The van der Waals surface area contributed by atoms with Gasteiger partial charge in [-0.25, -0.2) is 0 Å². The van der Waals surface area contributed by atoms with E-state index in [-0.39, 0.29) is 6.61 Å². The van der Waals surface area contributed by atoms with Crippen LogP contribution in [0.4, 0.5) is 13.2 Å². The van der Waals surface area contributed by atoms with Crippen molar-refractivity contribution in [2.24, 2.45) is 0 Å². The number of rotatable bonds is 7. The maximum absolute atomic E-state index is 11.7. The van der Waals surface area contributed by atoms with Crippen LogP contribution in [0.2, 0.25) is 0 Å². The molecule has 1 aliphatic heterocycles. The molecule has 0 radical (unpaired) electrons. The summed E-state index contributed by atoms with van der Waals surface area (Å²) in [5, 5.41) is 3.93. The number of hydrogen-bond acceptors (Lipinski definition) is 3. The highest BCUT2D eigenvalue weighted by molar-refractivity contribution is 8.00. The fraction of sp³-hybridized carbons (Fsp3) is 1.00. The van der Waals surface area contributed by atoms with Crippen LogP contribution < -0.4 is 5.32 Å². The van der Waals surface area contributed by atoms with E-state index in [1.54, 1.807) is 0 Å². The van der Waals surface area contributed by atoms with Crippen molar-refractivity contribution in [2.45, 2.75) is 30.7 Å². The van der Waals surface area contributed by atoms with Gasteiger partial charge in [-0.15, -0.1) is 0 Å². The van der Waals surface area contributed by atoms with Gasteiger partial charge in [-0.1, -0.05) is 0 Å². The maximum Gasteiger partial charge on any atom is 0.411 e. The van der Waals surface area contributed by atoms with E-state index in [0.29, 0.717) is 11.7 Å². The molecule has 1 aliphatic rings. The number of alkyl halides is 3. The Morgan fingerprint density at radius 3 is 2.81 bits per heavy atom. The summed E-state index contributed by atoms with van der Waals surface area (Å²) in [5.74, 6) is 1.24. The largest absolute Gasteiger partial charge is 0.411 e. The van der Waals surface area contributed by atoms with E-state index in [9.17, 15) is 13.2 Å². The Morgan fingerprint density at radius 1 is 1.38 bits per heavy atom. The second kappa shape index (κ2) is 7.40. The zero-order chi connectivity index (χ0) is 11.9. The van der Waals surface area contributed by atoms with Gasteiger partial charge in [0.15, 0.2) is 0 Å². The van der Waals surface area contributed by atoms with Crippen LogP contribution in [-0.2, 0) is 4.74 Å². The fourth-order valence-corrected chi connectivity index (χ4v) is 2.79. The molecule has 0 aromatic rings. The van der Waals surface area contributed by atoms with Crippen molar-refractivity contribution in [3.8, 4) is 0 Å². The first-order valence-electron chi connectivity index (χ1n) is 5.55. The zero-order valence-electron chi connectivity index (χ0n) is 9.18. The molecule has 1 unspecified atom stereocenters. The van der Waals surface area contributed by atoms with E-state index >= 15 is 0 Å². The Kier molecular flexibility index (Phi) is 6.53. The lowest BCUT2D eigenvalue weighted by molar-refractivity contribution is -0.173. The SMILES string of the molecule is FC(F)(F)COCCCNCC1CCCS1. The Morgan fingerprint density at radius 2 is 2.19 bits per heavy atom. The molecule has 0 saturated carbocycles. The summed E-state index contributed by atoms with van der Waals surface area (Å²) in [6.45, 7) is 0.731. The molecule has 1 heterocycles. The lowest BCUT2D eigenvalue weighted by atomic mass is 10.2. The number of ether oxygens (including phenoxy) is 1. The van der Waals surface area contributed by atoms with Crippen molar-refractivity contribution in [3.05, 3.63) is 0 Å². The minimum Gasteiger partial charge on any atom is -0.372 e. The summed E-state index contributed by atoms with van der Waals surface area (Å²) in [4.78, 5) is 0. The molecule has 1 saturated heterocycles. The quantitative estimate of drug-likeness (QED) is 0.708. The Balaban J connectivity index is 1.81. The average molecular weight is 257 g/mol. The molecule has 0 aliphatic carbocycles. The minimum absolute atomic E-state index is 0.171. The maximum atomic E-state index is 11.7. The molecule has 0 aromatic carbocycles. The van der Waals surface area contributed by atoms with Gasteiger partial charge >= 0.3 is 6.18 Å². The van der Waals surface area contributed by atoms with Crippen LogP contribution in [0.3, 0.4) is 0 Å². The molecular weight excluding hydrogens is 239 g/mol. The fourth-order valence-electron chi connectivity index (χ4n) is 1.56. The number of nitrogens with one attached hydrogen (secondary N) is 1. The van der Waals surface area contributed by atoms with Gasteiger partial charge < -0.3 is 10.1 Å². The topological polar surface area (TPSA) is 21.3 Å². The van der Waals surface area contributed by atoms with E-state index in [1.807, 2.05) is 11.8 Å². The van der Waals surface area contributed by atoms with Crippen molar-refractivity contribution < 1.29 is 17.9 Å². The van der Waals surface area contributed by atoms with E-state index in [4.69, 9.17) is 0 Å². The monoisotopic (exact) mass is 257 g/mol. The molecule has 6 heteroatoms. The van der Waals surface area contributed by atoms with Gasteiger partial charge in [0.1, 0.15) is 6.61 Å². The van der Waals surface area contributed by atoms with Crippen LogP contribution in [0.15, 0.2) is 0 Å². The molecule has 1 fully saturated rings. The highest BCUT2D eigenvalue weighted by Gasteiger charge is 2.27. The summed E-state index contributed by atoms with van der Waals surface area (Å²) in [5.41, 5.74) is 0. The lowest BCUT2D eigenvalue weighted by Gasteiger charge is -2.10. The van der Waals surface area contributed by atoms with Gasteiger partial charge in [0.25, 0.3) is 0 Å². The summed E-state index contributed by atoms with van der Waals surface area (Å²) < 4.78 is 39.6. The molecule has 0 aromatic heterocycles. The first-order chi connectivity index (χ1) is 7.58. The predicted molar refractivity (Wildman–Crippen MR) is 59.8 cm³/mol. The summed E-state index contributed by atoms with van der Waals surface area (Å²) in [6, 6.07) is 0. The smallest absolute Gasteiger partial charge is 0.372 e. The third-order valence-electron chi connectivity index (χ3n) is 2.30. The first kappa shape index (κ1) is 14.1. The molecule has 1 atom stereocenters. The van der Waals surface area contributed by atoms with Gasteiger partial charge in [0.05, 0.1) is 0 Å². The minimum atomic E-state index is -4.20. The van der Waals surface area contributed by atoms with Crippen molar-refractivity contribution in [2.75, 3.05) is 32.1 Å². The molecule has 16 heavy (non-hydrogen) atoms. The highest BCUT2D eigenvalue weighted by atomic mass is 32.2. The van der Waals surface area contributed by atoms with Crippen molar-refractivity contribution in [1.29, 1.82) is 0 Å². The summed E-state index contributed by atoms with van der Waals surface area (Å²) in [6.07, 6.45) is -1.03.